The van der Waals surface area contributed by atoms with E-state index in [4.69, 9.17) is 0 Å². The lowest BCUT2D eigenvalue weighted by Gasteiger charge is -2.17. The molecule has 1 amide bonds. The summed E-state index contributed by atoms with van der Waals surface area (Å²) >= 11 is 1.54. The number of nitrogens with zero attached hydrogens (tertiary/aromatic N) is 1. The molecule has 3 aromatic carbocycles. The van der Waals surface area contributed by atoms with E-state index < -0.39 is 11.7 Å². The largest absolute Gasteiger partial charge is 0.416 e. The van der Waals surface area contributed by atoms with Gasteiger partial charge < -0.3 is 9.88 Å². The third-order valence-corrected chi connectivity index (χ3v) is 7.04. The number of nitrogens with one attached hydrogen (secondary N) is 1. The maximum absolute atomic E-state index is 14.4. The Hall–Kier alpha value is -3.26. The van der Waals surface area contributed by atoms with Gasteiger partial charge in [-0.3, -0.25) is 4.79 Å². The van der Waals surface area contributed by atoms with Gasteiger partial charge in [-0.05, 0) is 67.6 Å². The third-order valence-electron chi connectivity index (χ3n) is 6.17. The van der Waals surface area contributed by atoms with Crippen molar-refractivity contribution in [3.05, 3.63) is 100 Å². The van der Waals surface area contributed by atoms with E-state index in [9.17, 15) is 22.4 Å². The number of aromatic nitrogens is 1. The van der Waals surface area contributed by atoms with E-state index in [2.05, 4.69) is 5.32 Å². The van der Waals surface area contributed by atoms with Crippen LogP contribution in [0.3, 0.4) is 0 Å². The number of carbonyl (C=O) groups excluding carboxylic acids is 1. The maximum atomic E-state index is 14.4. The average Bonchev–Trinajstić information content (AvgIpc) is 3.20. The molecule has 0 aliphatic rings. The van der Waals surface area contributed by atoms with E-state index in [0.29, 0.717) is 11.1 Å². The monoisotopic (exact) mass is 528 g/mol. The van der Waals surface area contributed by atoms with Crippen molar-refractivity contribution in [1.29, 1.82) is 0 Å². The highest BCUT2D eigenvalue weighted by atomic mass is 32.2. The van der Waals surface area contributed by atoms with Gasteiger partial charge in [-0.2, -0.15) is 13.2 Å². The molecule has 3 nitrogen and oxygen atoms in total. The van der Waals surface area contributed by atoms with E-state index in [0.717, 1.165) is 33.3 Å². The quantitative estimate of drug-likeness (QED) is 0.186. The Morgan fingerprint density at radius 2 is 1.76 bits per heavy atom. The van der Waals surface area contributed by atoms with Crippen molar-refractivity contribution in [3.63, 3.8) is 0 Å². The fourth-order valence-corrected chi connectivity index (χ4v) is 5.22. The molecule has 0 saturated heterocycles. The van der Waals surface area contributed by atoms with Crippen molar-refractivity contribution in [2.75, 3.05) is 5.75 Å². The predicted octanol–water partition coefficient (Wildman–Crippen LogP) is 8.01. The number of carbonyl (C=O) groups is 1. The zero-order chi connectivity index (χ0) is 26.7. The summed E-state index contributed by atoms with van der Waals surface area (Å²) in [6.07, 6.45) is -4.33. The van der Waals surface area contributed by atoms with Crippen LogP contribution < -0.4 is 5.32 Å². The van der Waals surface area contributed by atoms with Crippen molar-refractivity contribution in [3.8, 4) is 0 Å². The van der Waals surface area contributed by atoms with Gasteiger partial charge in [0.15, 0.2) is 0 Å². The number of thioether (sulfide) groups is 1. The molecule has 4 rings (SSSR count). The van der Waals surface area contributed by atoms with Crippen molar-refractivity contribution in [2.24, 2.45) is 0 Å². The van der Waals surface area contributed by atoms with Gasteiger partial charge >= 0.3 is 6.18 Å². The summed E-state index contributed by atoms with van der Waals surface area (Å²) in [5.74, 6) is 0.120. The molecule has 0 atom stereocenters. The third kappa shape index (κ3) is 6.01. The van der Waals surface area contributed by atoms with Crippen molar-refractivity contribution in [1.82, 2.24) is 9.88 Å². The van der Waals surface area contributed by atoms with Gasteiger partial charge in [0.05, 0.1) is 5.56 Å². The number of hydrogen-bond donors (Lipinski definition) is 1. The molecule has 0 aliphatic heterocycles. The zero-order valence-electron chi connectivity index (χ0n) is 20.8. The summed E-state index contributed by atoms with van der Waals surface area (Å²) in [5.41, 5.74) is 1.90. The molecule has 0 radical (unpaired) electrons. The zero-order valence-corrected chi connectivity index (χ0v) is 21.6. The molecule has 0 bridgehead atoms. The summed E-state index contributed by atoms with van der Waals surface area (Å²) in [7, 11) is 0. The van der Waals surface area contributed by atoms with Crippen LogP contribution in [0, 0.1) is 5.82 Å². The van der Waals surface area contributed by atoms with Gasteiger partial charge in [0.25, 0.3) is 5.91 Å². The van der Waals surface area contributed by atoms with E-state index in [1.807, 2.05) is 37.5 Å². The SMILES string of the molecule is CCSc1ccc(CNC(=O)c2ccc3c(c2)cc(Cc2ccccc2C(F)(F)F)n3C(C)C)c(F)c1. The summed E-state index contributed by atoms with van der Waals surface area (Å²) in [6, 6.07) is 17.6. The molecule has 37 heavy (non-hydrogen) atoms. The first-order valence-corrected chi connectivity index (χ1v) is 13.1. The molecule has 0 aliphatic carbocycles. The first kappa shape index (κ1) is 26.8. The maximum Gasteiger partial charge on any atom is 0.416 e. The minimum Gasteiger partial charge on any atom is -0.348 e. The molecule has 1 N–H and O–H groups in total. The summed E-state index contributed by atoms with van der Waals surface area (Å²) in [6.45, 7) is 5.98. The van der Waals surface area contributed by atoms with Gasteiger partial charge in [-0.1, -0.05) is 31.2 Å². The van der Waals surface area contributed by atoms with Gasteiger partial charge in [0.2, 0.25) is 0 Å². The molecule has 1 heterocycles. The van der Waals surface area contributed by atoms with Crippen LogP contribution in [-0.4, -0.2) is 16.2 Å². The normalized spacial score (nSPS) is 11.9. The van der Waals surface area contributed by atoms with Crippen LogP contribution in [0.2, 0.25) is 0 Å². The van der Waals surface area contributed by atoms with E-state index in [1.165, 1.54) is 18.2 Å². The van der Waals surface area contributed by atoms with Crippen LogP contribution in [-0.2, 0) is 19.1 Å². The molecule has 1 aromatic heterocycles. The molecular formula is C29H28F4N2OS. The molecule has 0 fully saturated rings. The minimum atomic E-state index is -4.44. The smallest absolute Gasteiger partial charge is 0.348 e. The second-order valence-corrected chi connectivity index (χ2v) is 10.4. The highest BCUT2D eigenvalue weighted by molar-refractivity contribution is 7.99. The van der Waals surface area contributed by atoms with E-state index >= 15 is 0 Å². The first-order chi connectivity index (χ1) is 17.6. The summed E-state index contributed by atoms with van der Waals surface area (Å²) in [5, 5.41) is 3.52. The molecule has 4 aromatic rings. The Bertz CT molecular complexity index is 1430. The lowest BCUT2D eigenvalue weighted by atomic mass is 10.0. The van der Waals surface area contributed by atoms with Gasteiger partial charge in [0, 0.05) is 51.6 Å². The first-order valence-electron chi connectivity index (χ1n) is 12.1. The second-order valence-electron chi connectivity index (χ2n) is 9.07. The topological polar surface area (TPSA) is 34.0 Å². The van der Waals surface area contributed by atoms with Crippen LogP contribution in [0.15, 0.2) is 71.6 Å². The fourth-order valence-electron chi connectivity index (χ4n) is 4.53. The molecule has 0 spiro atoms. The van der Waals surface area contributed by atoms with E-state index in [-0.39, 0.29) is 36.3 Å². The Labute approximate surface area is 217 Å². The number of amides is 1. The van der Waals surface area contributed by atoms with Crippen LogP contribution in [0.25, 0.3) is 10.9 Å². The van der Waals surface area contributed by atoms with Gasteiger partial charge in [-0.25, -0.2) is 4.39 Å². The lowest BCUT2D eigenvalue weighted by molar-refractivity contribution is -0.138. The molecule has 8 heteroatoms. The molecular weight excluding hydrogens is 500 g/mol. The van der Waals surface area contributed by atoms with Crippen molar-refractivity contribution < 1.29 is 22.4 Å². The number of halogens is 4. The number of rotatable bonds is 8. The lowest BCUT2D eigenvalue weighted by Crippen LogP contribution is -2.23. The Morgan fingerprint density at radius 1 is 1.00 bits per heavy atom. The number of benzene rings is 3. The molecule has 0 saturated carbocycles. The molecule has 0 unspecified atom stereocenters. The van der Waals surface area contributed by atoms with Crippen molar-refractivity contribution in [2.45, 2.75) is 50.9 Å². The standard InChI is InChI=1S/C29H28F4N2OS/c1-4-37-24-11-9-21(26(30)16-24)17-34-28(36)20-10-12-27-22(13-20)15-23(35(27)18(2)3)14-19-7-5-6-8-25(19)29(31,32)33/h5-13,15-16,18H,4,14,17H2,1-3H3,(H,34,36). The molecule has 194 valence electrons. The number of alkyl halides is 3. The Balaban J connectivity index is 1.59. The summed E-state index contributed by atoms with van der Waals surface area (Å²) in [4.78, 5) is 13.7. The van der Waals surface area contributed by atoms with Gasteiger partial charge in [-0.15, -0.1) is 11.8 Å². The Morgan fingerprint density at radius 3 is 2.43 bits per heavy atom. The number of fused-ring (bicyclic) bond motifs is 1. The van der Waals surface area contributed by atoms with Crippen LogP contribution >= 0.6 is 11.8 Å². The van der Waals surface area contributed by atoms with Crippen LogP contribution in [0.1, 0.15) is 59.6 Å². The highest BCUT2D eigenvalue weighted by Crippen LogP contribution is 2.34. The highest BCUT2D eigenvalue weighted by Gasteiger charge is 2.33. The number of hydrogen-bond acceptors (Lipinski definition) is 2. The average molecular weight is 529 g/mol. The minimum absolute atomic E-state index is 0.00189. The fraction of sp³-hybridized carbons (Fsp3) is 0.276. The summed E-state index contributed by atoms with van der Waals surface area (Å²) < 4.78 is 57.1. The predicted molar refractivity (Wildman–Crippen MR) is 141 cm³/mol. The Kier molecular flexibility index (Phi) is 7.97. The van der Waals surface area contributed by atoms with E-state index in [1.54, 1.807) is 42.1 Å². The van der Waals surface area contributed by atoms with Crippen molar-refractivity contribution >= 4 is 28.6 Å². The van der Waals surface area contributed by atoms with Crippen LogP contribution in [0.5, 0.6) is 0 Å². The van der Waals surface area contributed by atoms with Crippen LogP contribution in [0.4, 0.5) is 17.6 Å². The second kappa shape index (κ2) is 11.0. The van der Waals surface area contributed by atoms with Gasteiger partial charge in [0.1, 0.15) is 5.82 Å².